The molecule has 2 heterocycles. The van der Waals surface area contributed by atoms with E-state index in [1.165, 1.54) is 60.0 Å². The third kappa shape index (κ3) is 4.43. The Morgan fingerprint density at radius 2 is 0.741 bits per heavy atom. The first-order chi connectivity index (χ1) is 28.8. The highest BCUT2D eigenvalue weighted by Gasteiger charge is 2.23. The fraction of sp³-hybridized carbons (Fsp3) is 0. The van der Waals surface area contributed by atoms with Crippen LogP contribution >= 0.6 is 0 Å². The maximum Gasteiger partial charge on any atom is 0.147 e. The zero-order chi connectivity index (χ0) is 37.9. The average Bonchev–Trinajstić information content (AvgIpc) is 3.85. The van der Waals surface area contributed by atoms with Gasteiger partial charge in [0.15, 0.2) is 0 Å². The molecule has 0 atom stereocenters. The molecule has 2 heteroatoms. The molecule has 0 bridgehead atoms. The summed E-state index contributed by atoms with van der Waals surface area (Å²) in [4.78, 5) is 0. The first-order valence-electron chi connectivity index (χ1n) is 19.9. The van der Waals surface area contributed by atoms with E-state index >= 15 is 0 Å². The lowest BCUT2D eigenvalue weighted by atomic mass is 9.84. The van der Waals surface area contributed by atoms with Gasteiger partial charge in [0, 0.05) is 26.9 Å². The fourth-order valence-corrected chi connectivity index (χ4v) is 9.81. The van der Waals surface area contributed by atoms with E-state index in [1.807, 2.05) is 6.07 Å². The minimum atomic E-state index is 0.845. The highest BCUT2D eigenvalue weighted by molar-refractivity contribution is 6.26. The third-order valence-corrected chi connectivity index (χ3v) is 12.4. The summed E-state index contributed by atoms with van der Waals surface area (Å²) in [6.45, 7) is 0. The van der Waals surface area contributed by atoms with Gasteiger partial charge in [-0.2, -0.15) is 0 Å². The molecular formula is C56H32O2. The Morgan fingerprint density at radius 3 is 1.45 bits per heavy atom. The molecule has 11 aromatic carbocycles. The molecule has 0 fully saturated rings. The molecule has 0 amide bonds. The molecule has 0 saturated carbocycles. The maximum atomic E-state index is 6.93. The molecule has 13 rings (SSSR count). The second-order valence-corrected chi connectivity index (χ2v) is 15.5. The van der Waals surface area contributed by atoms with Gasteiger partial charge in [-0.05, 0) is 107 Å². The van der Waals surface area contributed by atoms with Crippen LogP contribution in [0.15, 0.2) is 203 Å². The van der Waals surface area contributed by atoms with Gasteiger partial charge in [0.05, 0.1) is 5.56 Å². The summed E-state index contributed by atoms with van der Waals surface area (Å²) in [6.07, 6.45) is 0. The molecule has 0 aliphatic rings. The molecule has 0 aliphatic heterocycles. The molecule has 0 radical (unpaired) electrons. The van der Waals surface area contributed by atoms with Crippen LogP contribution in [0.4, 0.5) is 0 Å². The Balaban J connectivity index is 1.04. The highest BCUT2D eigenvalue weighted by Crippen LogP contribution is 2.48. The SMILES string of the molecule is c1ccc2c(-c3c4ccccc4c(-c4ccc5cc(-c6c7oc8ccccc8c7cc7c6oc6c8ccccc8ccc76)ccc5c4)c4ccccc34)cccc2c1. The van der Waals surface area contributed by atoms with Gasteiger partial charge in [-0.15, -0.1) is 0 Å². The standard InChI is InChI=1S/C56H32O2/c1-3-15-39-33(12-1)14-11-22-42(39)53-45-20-7-5-18-43(45)51(44-19-6-8-21-46(44)53)37-26-24-36-31-38(27-25-35(36)30-37)52-55-48(41-17-9-10-23-50(41)57-55)32-49-47-29-28-34-13-2-4-16-40(34)54(47)58-56(49)52/h1-32H. The van der Waals surface area contributed by atoms with Crippen molar-refractivity contribution in [3.05, 3.63) is 194 Å². The Morgan fingerprint density at radius 1 is 0.241 bits per heavy atom. The van der Waals surface area contributed by atoms with Crippen LogP contribution in [0.2, 0.25) is 0 Å². The molecule has 268 valence electrons. The van der Waals surface area contributed by atoms with Crippen molar-refractivity contribution in [2.45, 2.75) is 0 Å². The Bertz CT molecular complexity index is 3800. The van der Waals surface area contributed by atoms with Crippen molar-refractivity contribution in [2.24, 2.45) is 0 Å². The van der Waals surface area contributed by atoms with E-state index in [9.17, 15) is 0 Å². The van der Waals surface area contributed by atoms with E-state index in [0.717, 1.165) is 71.2 Å². The van der Waals surface area contributed by atoms with Gasteiger partial charge in [-0.25, -0.2) is 0 Å². The third-order valence-electron chi connectivity index (χ3n) is 12.4. The lowest BCUT2D eigenvalue weighted by molar-refractivity contribution is 0.660. The molecule has 13 aromatic rings. The summed E-state index contributed by atoms with van der Waals surface area (Å²) in [5, 5.41) is 16.5. The molecule has 0 N–H and O–H groups in total. The second-order valence-electron chi connectivity index (χ2n) is 15.5. The maximum absolute atomic E-state index is 6.93. The fourth-order valence-electron chi connectivity index (χ4n) is 9.81. The molecule has 0 unspecified atom stereocenters. The van der Waals surface area contributed by atoms with E-state index in [1.54, 1.807) is 0 Å². The van der Waals surface area contributed by atoms with Gasteiger partial charge < -0.3 is 8.83 Å². The number of benzene rings is 11. The molecule has 0 spiro atoms. The highest BCUT2D eigenvalue weighted by atomic mass is 16.3. The molecular weight excluding hydrogens is 705 g/mol. The van der Waals surface area contributed by atoms with Crippen molar-refractivity contribution in [3.8, 4) is 33.4 Å². The normalized spacial score (nSPS) is 12.1. The van der Waals surface area contributed by atoms with Crippen molar-refractivity contribution in [3.63, 3.8) is 0 Å². The molecule has 0 saturated heterocycles. The summed E-state index contributed by atoms with van der Waals surface area (Å²) < 4.78 is 13.6. The van der Waals surface area contributed by atoms with Crippen LogP contribution in [0.25, 0.3) is 131 Å². The van der Waals surface area contributed by atoms with Crippen molar-refractivity contribution in [1.29, 1.82) is 0 Å². The van der Waals surface area contributed by atoms with Crippen LogP contribution in [-0.2, 0) is 0 Å². The number of para-hydroxylation sites is 1. The van der Waals surface area contributed by atoms with Crippen LogP contribution in [0.3, 0.4) is 0 Å². The summed E-state index contributed by atoms with van der Waals surface area (Å²) in [7, 11) is 0. The predicted octanol–water partition coefficient (Wildman–Crippen LogP) is 16.3. The second kappa shape index (κ2) is 11.9. The Hall–Kier alpha value is -7.68. The van der Waals surface area contributed by atoms with Crippen molar-refractivity contribution in [2.75, 3.05) is 0 Å². The van der Waals surface area contributed by atoms with Crippen molar-refractivity contribution >= 4 is 97.7 Å². The van der Waals surface area contributed by atoms with Gasteiger partial charge in [0.2, 0.25) is 0 Å². The minimum Gasteiger partial charge on any atom is -0.455 e. The predicted molar refractivity (Wildman–Crippen MR) is 245 cm³/mol. The zero-order valence-electron chi connectivity index (χ0n) is 31.3. The lowest BCUT2D eigenvalue weighted by Crippen LogP contribution is -1.91. The van der Waals surface area contributed by atoms with E-state index in [0.29, 0.717) is 0 Å². The molecule has 2 aromatic heterocycles. The quantitative estimate of drug-likeness (QED) is 0.169. The molecule has 58 heavy (non-hydrogen) atoms. The van der Waals surface area contributed by atoms with Crippen LogP contribution in [-0.4, -0.2) is 0 Å². The van der Waals surface area contributed by atoms with Crippen LogP contribution in [0, 0.1) is 0 Å². The van der Waals surface area contributed by atoms with E-state index in [-0.39, 0.29) is 0 Å². The van der Waals surface area contributed by atoms with Gasteiger partial charge in [0.1, 0.15) is 22.3 Å². The summed E-state index contributed by atoms with van der Waals surface area (Å²) >= 11 is 0. The molecule has 2 nitrogen and oxygen atoms in total. The molecule has 0 aliphatic carbocycles. The first-order valence-corrected chi connectivity index (χ1v) is 19.9. The number of fused-ring (bicyclic) bond motifs is 12. The monoisotopic (exact) mass is 736 g/mol. The van der Waals surface area contributed by atoms with Gasteiger partial charge >= 0.3 is 0 Å². The Kier molecular flexibility index (Phi) is 6.47. The summed E-state index contributed by atoms with van der Waals surface area (Å²) in [5.41, 5.74) is 10.5. The number of rotatable bonds is 3. The minimum absolute atomic E-state index is 0.845. The smallest absolute Gasteiger partial charge is 0.147 e. The van der Waals surface area contributed by atoms with E-state index in [4.69, 9.17) is 8.83 Å². The number of hydrogen-bond donors (Lipinski definition) is 0. The Labute approximate surface area is 332 Å². The average molecular weight is 737 g/mol. The zero-order valence-corrected chi connectivity index (χ0v) is 31.3. The topological polar surface area (TPSA) is 26.3 Å². The van der Waals surface area contributed by atoms with Crippen LogP contribution < -0.4 is 0 Å². The number of hydrogen-bond acceptors (Lipinski definition) is 2. The number of furan rings is 2. The lowest BCUT2D eigenvalue weighted by Gasteiger charge is -2.19. The van der Waals surface area contributed by atoms with E-state index in [2.05, 4.69) is 188 Å². The van der Waals surface area contributed by atoms with E-state index < -0.39 is 0 Å². The largest absolute Gasteiger partial charge is 0.455 e. The van der Waals surface area contributed by atoms with Gasteiger partial charge in [-0.1, -0.05) is 164 Å². The first kappa shape index (κ1) is 31.5. The van der Waals surface area contributed by atoms with Gasteiger partial charge in [-0.3, -0.25) is 0 Å². The van der Waals surface area contributed by atoms with Crippen molar-refractivity contribution in [1.82, 2.24) is 0 Å². The van der Waals surface area contributed by atoms with Gasteiger partial charge in [0.25, 0.3) is 0 Å². The summed E-state index contributed by atoms with van der Waals surface area (Å²) in [6, 6.07) is 70.3. The van der Waals surface area contributed by atoms with Crippen LogP contribution in [0.1, 0.15) is 0 Å². The van der Waals surface area contributed by atoms with Crippen molar-refractivity contribution < 1.29 is 8.83 Å². The van der Waals surface area contributed by atoms with Crippen LogP contribution in [0.5, 0.6) is 0 Å². The summed E-state index contributed by atoms with van der Waals surface area (Å²) in [5.74, 6) is 0.